The maximum Gasteiger partial charge on any atom is 0.0517 e. The molecule has 0 aliphatic heterocycles. The van der Waals surface area contributed by atoms with Crippen LogP contribution in [0.15, 0.2) is 45.3 Å². The van der Waals surface area contributed by atoms with Crippen LogP contribution in [0.3, 0.4) is 0 Å². The molecule has 3 heteroatoms. The molecule has 2 aromatic rings. The van der Waals surface area contributed by atoms with Crippen LogP contribution in [-0.2, 0) is 6.54 Å². The second kappa shape index (κ2) is 5.89. The SMILES string of the molecule is Cc1cc(C)c(NCc2cccc(Br)c2)c(Br)c1. The lowest BCUT2D eigenvalue weighted by Crippen LogP contribution is -2.02. The number of rotatable bonds is 3. The first-order valence-corrected chi connectivity index (χ1v) is 7.40. The lowest BCUT2D eigenvalue weighted by molar-refractivity contribution is 1.13. The fraction of sp³-hybridized carbons (Fsp3) is 0.200. The van der Waals surface area contributed by atoms with Gasteiger partial charge in [-0.25, -0.2) is 0 Å². The van der Waals surface area contributed by atoms with Gasteiger partial charge in [0, 0.05) is 15.5 Å². The Morgan fingerprint density at radius 2 is 1.83 bits per heavy atom. The molecule has 0 unspecified atom stereocenters. The molecule has 0 bridgehead atoms. The maximum absolute atomic E-state index is 3.61. The molecule has 1 nitrogen and oxygen atoms in total. The summed E-state index contributed by atoms with van der Waals surface area (Å²) in [5.41, 5.74) is 4.96. The highest BCUT2D eigenvalue weighted by Crippen LogP contribution is 2.28. The van der Waals surface area contributed by atoms with Gasteiger partial charge in [0.15, 0.2) is 0 Å². The highest BCUT2D eigenvalue weighted by Gasteiger charge is 2.04. The van der Waals surface area contributed by atoms with E-state index in [4.69, 9.17) is 0 Å². The van der Waals surface area contributed by atoms with E-state index in [9.17, 15) is 0 Å². The van der Waals surface area contributed by atoms with Gasteiger partial charge < -0.3 is 5.32 Å². The van der Waals surface area contributed by atoms with E-state index in [1.54, 1.807) is 0 Å². The Balaban J connectivity index is 2.16. The van der Waals surface area contributed by atoms with Gasteiger partial charge in [-0.1, -0.05) is 34.1 Å². The van der Waals surface area contributed by atoms with Gasteiger partial charge in [-0.2, -0.15) is 0 Å². The van der Waals surface area contributed by atoms with Crippen LogP contribution in [0.25, 0.3) is 0 Å². The number of hydrogen-bond donors (Lipinski definition) is 1. The molecule has 0 radical (unpaired) electrons. The molecule has 0 aliphatic carbocycles. The average molecular weight is 369 g/mol. The van der Waals surface area contributed by atoms with Crippen molar-refractivity contribution in [2.45, 2.75) is 20.4 Å². The van der Waals surface area contributed by atoms with Crippen molar-refractivity contribution in [1.82, 2.24) is 0 Å². The number of aryl methyl sites for hydroxylation is 2. The molecule has 94 valence electrons. The van der Waals surface area contributed by atoms with Crippen molar-refractivity contribution >= 4 is 37.5 Å². The molecular formula is C15H15Br2N. The predicted octanol–water partition coefficient (Wildman–Crippen LogP) is 5.44. The minimum atomic E-state index is 0.821. The van der Waals surface area contributed by atoms with Crippen molar-refractivity contribution in [3.8, 4) is 0 Å². The fourth-order valence-corrected chi connectivity index (χ4v) is 3.24. The van der Waals surface area contributed by atoms with Crippen LogP contribution >= 0.6 is 31.9 Å². The summed E-state index contributed by atoms with van der Waals surface area (Å²) in [5.74, 6) is 0. The van der Waals surface area contributed by atoms with Crippen LogP contribution in [0.5, 0.6) is 0 Å². The summed E-state index contributed by atoms with van der Waals surface area (Å²) in [6.45, 7) is 5.05. The molecule has 0 saturated carbocycles. The van der Waals surface area contributed by atoms with Gasteiger partial charge in [0.25, 0.3) is 0 Å². The number of hydrogen-bond acceptors (Lipinski definition) is 1. The van der Waals surface area contributed by atoms with Gasteiger partial charge in [0.05, 0.1) is 5.69 Å². The van der Waals surface area contributed by atoms with Gasteiger partial charge in [-0.3, -0.25) is 0 Å². The summed E-state index contributed by atoms with van der Waals surface area (Å²) in [5, 5.41) is 3.48. The first-order chi connectivity index (χ1) is 8.56. The van der Waals surface area contributed by atoms with E-state index >= 15 is 0 Å². The first-order valence-electron chi connectivity index (χ1n) is 5.81. The second-order valence-electron chi connectivity index (χ2n) is 4.42. The van der Waals surface area contributed by atoms with E-state index in [2.05, 4.69) is 81.4 Å². The molecule has 0 aromatic heterocycles. The minimum absolute atomic E-state index is 0.821. The van der Waals surface area contributed by atoms with Gasteiger partial charge in [-0.15, -0.1) is 0 Å². The van der Waals surface area contributed by atoms with Crippen LogP contribution in [-0.4, -0.2) is 0 Å². The molecule has 0 fully saturated rings. The molecule has 0 saturated heterocycles. The molecule has 2 rings (SSSR count). The van der Waals surface area contributed by atoms with Crippen LogP contribution < -0.4 is 5.32 Å². The maximum atomic E-state index is 3.61. The summed E-state index contributed by atoms with van der Waals surface area (Å²) in [7, 11) is 0. The van der Waals surface area contributed by atoms with Crippen LogP contribution in [0.2, 0.25) is 0 Å². The quantitative estimate of drug-likeness (QED) is 0.760. The summed E-state index contributed by atoms with van der Waals surface area (Å²) < 4.78 is 2.23. The summed E-state index contributed by atoms with van der Waals surface area (Å²) in [6, 6.07) is 12.7. The molecule has 0 aliphatic rings. The Morgan fingerprint density at radius 3 is 2.50 bits per heavy atom. The Bertz CT molecular complexity index is 541. The van der Waals surface area contributed by atoms with E-state index in [1.807, 2.05) is 6.07 Å². The fourth-order valence-electron chi connectivity index (χ4n) is 1.98. The van der Waals surface area contributed by atoms with Gasteiger partial charge in [-0.05, 0) is 64.7 Å². The first kappa shape index (κ1) is 13.6. The third kappa shape index (κ3) is 3.36. The van der Waals surface area contributed by atoms with Crippen molar-refractivity contribution in [3.05, 3.63) is 62.0 Å². The molecule has 0 amide bonds. The van der Waals surface area contributed by atoms with E-state index < -0.39 is 0 Å². The smallest absolute Gasteiger partial charge is 0.0517 e. The summed E-state index contributed by atoms with van der Waals surface area (Å²) in [6.07, 6.45) is 0. The van der Waals surface area contributed by atoms with Crippen molar-refractivity contribution in [2.24, 2.45) is 0 Å². The largest absolute Gasteiger partial charge is 0.380 e. The van der Waals surface area contributed by atoms with E-state index in [0.717, 1.165) is 15.5 Å². The third-order valence-corrected chi connectivity index (χ3v) is 3.91. The number of anilines is 1. The summed E-state index contributed by atoms with van der Waals surface area (Å²) >= 11 is 7.10. The third-order valence-electron chi connectivity index (χ3n) is 2.79. The average Bonchev–Trinajstić information content (AvgIpc) is 2.27. The van der Waals surface area contributed by atoms with Gasteiger partial charge in [0.2, 0.25) is 0 Å². The molecule has 0 atom stereocenters. The lowest BCUT2D eigenvalue weighted by Gasteiger charge is -2.13. The molecule has 2 aromatic carbocycles. The van der Waals surface area contributed by atoms with Gasteiger partial charge in [0.1, 0.15) is 0 Å². The van der Waals surface area contributed by atoms with Gasteiger partial charge >= 0.3 is 0 Å². The lowest BCUT2D eigenvalue weighted by atomic mass is 10.1. The Morgan fingerprint density at radius 1 is 1.06 bits per heavy atom. The zero-order valence-corrected chi connectivity index (χ0v) is 13.6. The van der Waals surface area contributed by atoms with E-state index in [1.165, 1.54) is 22.4 Å². The number of nitrogens with one attached hydrogen (secondary N) is 1. The minimum Gasteiger partial charge on any atom is -0.380 e. The van der Waals surface area contributed by atoms with E-state index in [0.29, 0.717) is 0 Å². The molecule has 0 heterocycles. The Hall–Kier alpha value is -0.800. The van der Waals surface area contributed by atoms with Crippen molar-refractivity contribution in [1.29, 1.82) is 0 Å². The number of halogens is 2. The zero-order chi connectivity index (χ0) is 13.1. The predicted molar refractivity (Wildman–Crippen MR) is 85.1 cm³/mol. The zero-order valence-electron chi connectivity index (χ0n) is 10.4. The molecule has 18 heavy (non-hydrogen) atoms. The summed E-state index contributed by atoms with van der Waals surface area (Å²) in [4.78, 5) is 0. The second-order valence-corrected chi connectivity index (χ2v) is 6.19. The van der Waals surface area contributed by atoms with Crippen LogP contribution in [0, 0.1) is 13.8 Å². The van der Waals surface area contributed by atoms with Crippen LogP contribution in [0.1, 0.15) is 16.7 Å². The molecule has 0 spiro atoms. The highest BCUT2D eigenvalue weighted by molar-refractivity contribution is 9.10. The van der Waals surface area contributed by atoms with Crippen molar-refractivity contribution < 1.29 is 0 Å². The molecular weight excluding hydrogens is 354 g/mol. The monoisotopic (exact) mass is 367 g/mol. The Kier molecular flexibility index (Phi) is 4.46. The topological polar surface area (TPSA) is 12.0 Å². The van der Waals surface area contributed by atoms with Crippen molar-refractivity contribution in [2.75, 3.05) is 5.32 Å². The van der Waals surface area contributed by atoms with Crippen LogP contribution in [0.4, 0.5) is 5.69 Å². The highest BCUT2D eigenvalue weighted by atomic mass is 79.9. The van der Waals surface area contributed by atoms with E-state index in [-0.39, 0.29) is 0 Å². The molecule has 1 N–H and O–H groups in total. The number of benzene rings is 2. The standard InChI is InChI=1S/C15H15Br2N/c1-10-6-11(2)15(14(17)7-10)18-9-12-4-3-5-13(16)8-12/h3-8,18H,9H2,1-2H3. The Labute approximate surface area is 125 Å². The van der Waals surface area contributed by atoms with Crippen molar-refractivity contribution in [3.63, 3.8) is 0 Å². The normalized spacial score (nSPS) is 10.4.